The topological polar surface area (TPSA) is 72.6 Å². The molecule has 0 unspecified atom stereocenters. The average Bonchev–Trinajstić information content (AvgIpc) is 2.60. The highest BCUT2D eigenvalue weighted by Crippen LogP contribution is 2.19. The van der Waals surface area contributed by atoms with Gasteiger partial charge in [-0.05, 0) is 42.2 Å². The Kier molecular flexibility index (Phi) is 6.73. The van der Waals surface area contributed by atoms with Gasteiger partial charge in [0.15, 0.2) is 6.61 Å². The van der Waals surface area contributed by atoms with Crippen LogP contribution in [0.5, 0.6) is 0 Å². The molecule has 0 bridgehead atoms. The first-order valence-electron chi connectivity index (χ1n) is 7.49. The summed E-state index contributed by atoms with van der Waals surface area (Å²) >= 11 is 7.45. The smallest absolute Gasteiger partial charge is 0.340 e. The lowest BCUT2D eigenvalue weighted by atomic mass is 10.2. The molecule has 0 aliphatic rings. The number of halogens is 1. The minimum Gasteiger partial charge on any atom is -0.452 e. The van der Waals surface area contributed by atoms with Gasteiger partial charge in [-0.2, -0.15) is 0 Å². The number of hydrogen-bond acceptors (Lipinski definition) is 5. The number of nitrogens with two attached hydrogens (primary N) is 1. The van der Waals surface area contributed by atoms with Crippen LogP contribution in [0.3, 0.4) is 0 Å². The van der Waals surface area contributed by atoms with Gasteiger partial charge in [0.2, 0.25) is 0 Å². The SMILES string of the molecule is CSc1ccc(CN(C)C(=O)COC(=O)c2ccc(Cl)cc2N)cc1. The Labute approximate surface area is 156 Å². The molecule has 0 saturated heterocycles. The highest BCUT2D eigenvalue weighted by Gasteiger charge is 2.16. The summed E-state index contributed by atoms with van der Waals surface area (Å²) in [5, 5.41) is 0.428. The number of rotatable bonds is 6. The fraction of sp³-hybridized carbons (Fsp3) is 0.222. The first-order chi connectivity index (χ1) is 11.9. The highest BCUT2D eigenvalue weighted by molar-refractivity contribution is 7.98. The molecule has 0 aliphatic heterocycles. The number of ether oxygens (including phenoxy) is 1. The summed E-state index contributed by atoms with van der Waals surface area (Å²) in [7, 11) is 1.66. The Hall–Kier alpha value is -2.18. The molecule has 0 atom stereocenters. The maximum Gasteiger partial charge on any atom is 0.340 e. The molecule has 1 amide bonds. The van der Waals surface area contributed by atoms with Gasteiger partial charge < -0.3 is 15.4 Å². The van der Waals surface area contributed by atoms with E-state index in [0.717, 1.165) is 10.5 Å². The summed E-state index contributed by atoms with van der Waals surface area (Å²) in [6.45, 7) is 0.0917. The third kappa shape index (κ3) is 5.41. The number of likely N-dealkylation sites (N-methyl/N-ethyl adjacent to an activating group) is 1. The average molecular weight is 379 g/mol. The Morgan fingerprint density at radius 3 is 2.48 bits per heavy atom. The summed E-state index contributed by atoms with van der Waals surface area (Å²) < 4.78 is 5.05. The van der Waals surface area contributed by atoms with Crippen molar-refractivity contribution >= 4 is 40.9 Å². The number of carbonyl (C=O) groups excluding carboxylic acids is 2. The van der Waals surface area contributed by atoms with Gasteiger partial charge >= 0.3 is 5.97 Å². The van der Waals surface area contributed by atoms with Crippen LogP contribution in [0.25, 0.3) is 0 Å². The van der Waals surface area contributed by atoms with E-state index in [2.05, 4.69) is 0 Å². The lowest BCUT2D eigenvalue weighted by Crippen LogP contribution is -2.30. The second-order valence-electron chi connectivity index (χ2n) is 5.41. The van der Waals surface area contributed by atoms with Gasteiger partial charge in [-0.1, -0.05) is 23.7 Å². The Morgan fingerprint density at radius 2 is 1.88 bits per heavy atom. The number of nitrogen functional groups attached to an aromatic ring is 1. The van der Waals surface area contributed by atoms with Crippen LogP contribution in [0.1, 0.15) is 15.9 Å². The quantitative estimate of drug-likeness (QED) is 0.473. The number of carbonyl (C=O) groups is 2. The zero-order valence-corrected chi connectivity index (χ0v) is 15.6. The van der Waals surface area contributed by atoms with Crippen molar-refractivity contribution in [2.45, 2.75) is 11.4 Å². The number of benzene rings is 2. The second-order valence-corrected chi connectivity index (χ2v) is 6.72. The number of nitrogens with zero attached hydrogens (tertiary/aromatic N) is 1. The van der Waals surface area contributed by atoms with Crippen molar-refractivity contribution in [2.75, 3.05) is 25.6 Å². The third-order valence-corrected chi connectivity index (χ3v) is 4.54. The maximum atomic E-state index is 12.1. The molecule has 0 aromatic heterocycles. The first-order valence-corrected chi connectivity index (χ1v) is 9.10. The summed E-state index contributed by atoms with van der Waals surface area (Å²) in [6.07, 6.45) is 2.01. The highest BCUT2D eigenvalue weighted by atomic mass is 35.5. The number of anilines is 1. The van der Waals surface area contributed by atoms with Crippen LogP contribution in [-0.2, 0) is 16.1 Å². The van der Waals surface area contributed by atoms with E-state index in [9.17, 15) is 9.59 Å². The van der Waals surface area contributed by atoms with Crippen LogP contribution in [0, 0.1) is 0 Å². The standard InChI is InChI=1S/C18H19ClN2O3S/c1-21(10-12-3-6-14(25-2)7-4-12)17(22)11-24-18(23)15-8-5-13(19)9-16(15)20/h3-9H,10-11,20H2,1-2H3. The molecule has 132 valence electrons. The van der Waals surface area contributed by atoms with Crippen molar-refractivity contribution in [3.8, 4) is 0 Å². The molecule has 25 heavy (non-hydrogen) atoms. The van der Waals surface area contributed by atoms with Gasteiger partial charge in [0.05, 0.1) is 5.56 Å². The molecule has 7 heteroatoms. The largest absolute Gasteiger partial charge is 0.452 e. The van der Waals surface area contributed by atoms with Crippen LogP contribution >= 0.6 is 23.4 Å². The molecule has 0 saturated carbocycles. The lowest BCUT2D eigenvalue weighted by molar-refractivity contribution is -0.133. The molecular weight excluding hydrogens is 360 g/mol. The van der Waals surface area contributed by atoms with Crippen LogP contribution in [-0.4, -0.2) is 36.7 Å². The molecule has 2 N–H and O–H groups in total. The molecule has 0 radical (unpaired) electrons. The minimum absolute atomic E-state index is 0.188. The summed E-state index contributed by atoms with van der Waals surface area (Å²) in [4.78, 5) is 26.8. The fourth-order valence-corrected chi connectivity index (χ4v) is 2.72. The molecule has 0 spiro atoms. The van der Waals surface area contributed by atoms with Gasteiger partial charge in [-0.3, -0.25) is 4.79 Å². The van der Waals surface area contributed by atoms with Crippen molar-refractivity contribution < 1.29 is 14.3 Å². The van der Waals surface area contributed by atoms with Gasteiger partial charge in [0.25, 0.3) is 5.91 Å². The van der Waals surface area contributed by atoms with E-state index in [1.54, 1.807) is 24.9 Å². The van der Waals surface area contributed by atoms with E-state index < -0.39 is 5.97 Å². The van der Waals surface area contributed by atoms with Crippen molar-refractivity contribution in [3.63, 3.8) is 0 Å². The number of hydrogen-bond donors (Lipinski definition) is 1. The van der Waals surface area contributed by atoms with Gasteiger partial charge in [0.1, 0.15) is 0 Å². The second kappa shape index (κ2) is 8.78. The van der Waals surface area contributed by atoms with Gasteiger partial charge in [-0.15, -0.1) is 11.8 Å². The van der Waals surface area contributed by atoms with Crippen molar-refractivity contribution in [1.29, 1.82) is 0 Å². The molecular formula is C18H19ClN2O3S. The lowest BCUT2D eigenvalue weighted by Gasteiger charge is -2.17. The normalized spacial score (nSPS) is 10.4. The molecule has 2 aromatic rings. The van der Waals surface area contributed by atoms with E-state index in [1.807, 2.05) is 30.5 Å². The minimum atomic E-state index is -0.653. The van der Waals surface area contributed by atoms with Crippen LogP contribution < -0.4 is 5.73 Å². The molecule has 0 fully saturated rings. The predicted molar refractivity (Wildman–Crippen MR) is 101 cm³/mol. The van der Waals surface area contributed by atoms with Crippen LogP contribution in [0.4, 0.5) is 5.69 Å². The Bertz CT molecular complexity index is 765. The van der Waals surface area contributed by atoms with Gasteiger partial charge in [-0.25, -0.2) is 4.79 Å². The third-order valence-electron chi connectivity index (χ3n) is 3.56. The Morgan fingerprint density at radius 1 is 1.20 bits per heavy atom. The van der Waals surface area contributed by atoms with E-state index in [-0.39, 0.29) is 23.8 Å². The van der Waals surface area contributed by atoms with Crippen molar-refractivity contribution in [3.05, 3.63) is 58.6 Å². The van der Waals surface area contributed by atoms with Gasteiger partial charge in [0, 0.05) is 29.2 Å². The van der Waals surface area contributed by atoms with E-state index >= 15 is 0 Å². The van der Waals surface area contributed by atoms with Crippen molar-refractivity contribution in [2.24, 2.45) is 0 Å². The monoisotopic (exact) mass is 378 g/mol. The zero-order chi connectivity index (χ0) is 18.4. The Balaban J connectivity index is 1.88. The van der Waals surface area contributed by atoms with E-state index in [4.69, 9.17) is 22.1 Å². The summed E-state index contributed by atoms with van der Waals surface area (Å²) in [6, 6.07) is 12.4. The molecule has 5 nitrogen and oxygen atoms in total. The van der Waals surface area contributed by atoms with E-state index in [1.165, 1.54) is 17.0 Å². The number of amides is 1. The van der Waals surface area contributed by atoms with Crippen LogP contribution in [0.15, 0.2) is 47.4 Å². The first kappa shape index (κ1) is 19.1. The molecule has 2 rings (SSSR count). The maximum absolute atomic E-state index is 12.1. The summed E-state index contributed by atoms with van der Waals surface area (Å²) in [5.41, 5.74) is 7.14. The van der Waals surface area contributed by atoms with Crippen molar-refractivity contribution in [1.82, 2.24) is 4.90 Å². The number of esters is 1. The van der Waals surface area contributed by atoms with E-state index in [0.29, 0.717) is 11.6 Å². The molecule has 0 aliphatic carbocycles. The number of thioether (sulfide) groups is 1. The molecule has 0 heterocycles. The predicted octanol–water partition coefficient (Wildman–Crippen LogP) is 3.46. The molecule has 2 aromatic carbocycles. The van der Waals surface area contributed by atoms with Crippen LogP contribution in [0.2, 0.25) is 5.02 Å². The fourth-order valence-electron chi connectivity index (χ4n) is 2.13. The zero-order valence-electron chi connectivity index (χ0n) is 14.0. The summed E-state index contributed by atoms with van der Waals surface area (Å²) in [5.74, 6) is -0.949.